The molecule has 6 N–H and O–H groups in total. The molecule has 0 radical (unpaired) electrons. The van der Waals surface area contributed by atoms with Crippen LogP contribution in [-0.4, -0.2) is 27.0 Å². The number of amidine groups is 1. The topological polar surface area (TPSA) is 153 Å². The van der Waals surface area contributed by atoms with Crippen LogP contribution in [0.5, 0.6) is 0 Å². The fourth-order valence-electron chi connectivity index (χ4n) is 3.24. The monoisotopic (exact) mass is 456 g/mol. The summed E-state index contributed by atoms with van der Waals surface area (Å²) in [6, 6.07) is 16.1. The molecule has 0 aliphatic carbocycles. The Morgan fingerprint density at radius 1 is 1.19 bits per heavy atom. The Kier molecular flexibility index (Phi) is 11.4. The van der Waals surface area contributed by atoms with Gasteiger partial charge in [-0.1, -0.05) is 73.5 Å². The Hall–Kier alpha value is -3.52. The lowest BCUT2D eigenvalue weighted by molar-refractivity contribution is -0.122. The molecule has 32 heavy (non-hydrogen) atoms. The molecule has 0 spiro atoms. The number of nitrogens with zero attached hydrogens (tertiary/aromatic N) is 2. The van der Waals surface area contributed by atoms with Crippen LogP contribution in [-0.2, 0) is 17.8 Å². The van der Waals surface area contributed by atoms with Crippen molar-refractivity contribution in [1.82, 2.24) is 9.55 Å². The highest BCUT2D eigenvalue weighted by molar-refractivity contribution is 6.30. The zero-order valence-corrected chi connectivity index (χ0v) is 19.0. The van der Waals surface area contributed by atoms with Gasteiger partial charge < -0.3 is 15.4 Å². The van der Waals surface area contributed by atoms with Gasteiger partial charge in [-0.25, -0.2) is 16.0 Å². The number of hydrogen-bond donors (Lipinski definition) is 5. The van der Waals surface area contributed by atoms with Crippen molar-refractivity contribution in [3.63, 3.8) is 0 Å². The van der Waals surface area contributed by atoms with Gasteiger partial charge in [0, 0.05) is 18.5 Å². The second kappa shape index (κ2) is 13.7. The van der Waals surface area contributed by atoms with Crippen molar-refractivity contribution >= 4 is 23.9 Å². The molecule has 1 heterocycles. The van der Waals surface area contributed by atoms with Crippen molar-refractivity contribution in [2.24, 2.45) is 5.73 Å². The molecule has 0 aliphatic heterocycles. The van der Waals surface area contributed by atoms with Gasteiger partial charge in [0.1, 0.15) is 16.8 Å². The molecule has 0 fully saturated rings. The Bertz CT molecular complexity index is 1020. The lowest BCUT2D eigenvalue weighted by Gasteiger charge is -2.12. The van der Waals surface area contributed by atoms with Gasteiger partial charge >= 0.3 is 0 Å². The van der Waals surface area contributed by atoms with Crippen molar-refractivity contribution in [2.75, 3.05) is 0 Å². The third-order valence-electron chi connectivity index (χ3n) is 4.82. The summed E-state index contributed by atoms with van der Waals surface area (Å²) < 4.78 is 2.20. The predicted octanol–water partition coefficient (Wildman–Crippen LogP) is 5.48. The fourth-order valence-corrected chi connectivity index (χ4v) is 3.44. The van der Waals surface area contributed by atoms with Gasteiger partial charge in [0.2, 0.25) is 0 Å². The van der Waals surface area contributed by atoms with E-state index in [1.165, 1.54) is 5.56 Å². The average Bonchev–Trinajstić information content (AvgIpc) is 3.07. The Labute approximate surface area is 192 Å². The van der Waals surface area contributed by atoms with Crippen molar-refractivity contribution < 1.29 is 9.90 Å². The van der Waals surface area contributed by atoms with Crippen molar-refractivity contribution in [3.8, 4) is 11.1 Å². The van der Waals surface area contributed by atoms with E-state index < -0.39 is 0 Å². The molecule has 2 aromatic carbocycles. The minimum Gasteiger partial charge on any atom is -0.483 e. The van der Waals surface area contributed by atoms with E-state index in [0.29, 0.717) is 5.15 Å². The lowest BCUT2D eigenvalue weighted by atomic mass is 9.98. The summed E-state index contributed by atoms with van der Waals surface area (Å²) in [5, 5.41) is 15.3. The summed E-state index contributed by atoms with van der Waals surface area (Å²) >= 11 is 6.27. The molecule has 0 saturated heterocycles. The number of nitrogen functional groups attached to an aromatic ring is 1. The molecule has 3 aromatic rings. The van der Waals surface area contributed by atoms with Gasteiger partial charge in [-0.2, -0.15) is 0 Å². The molecule has 0 aliphatic rings. The largest absolute Gasteiger partial charge is 0.483 e. The van der Waals surface area contributed by atoms with Crippen LogP contribution in [0.25, 0.3) is 11.1 Å². The molecule has 170 valence electrons. The molecule has 0 saturated carbocycles. The maximum atomic E-state index is 8.36. The molecule has 8 nitrogen and oxygen atoms in total. The zero-order chi connectivity index (χ0) is 24.1. The molecule has 0 amide bonds. The van der Waals surface area contributed by atoms with E-state index >= 15 is 0 Å². The molecule has 9 heteroatoms. The first-order chi connectivity index (χ1) is 15.4. The summed E-state index contributed by atoms with van der Waals surface area (Å²) in [4.78, 5) is 12.9. The van der Waals surface area contributed by atoms with Crippen LogP contribution in [0.1, 0.15) is 42.4 Å². The van der Waals surface area contributed by atoms with Crippen LogP contribution in [0, 0.1) is 23.4 Å². The number of rotatable bonds is 7. The highest BCUT2D eigenvalue weighted by Gasteiger charge is 2.13. The van der Waals surface area contributed by atoms with E-state index in [9.17, 15) is 0 Å². The van der Waals surface area contributed by atoms with E-state index in [4.69, 9.17) is 43.7 Å². The van der Waals surface area contributed by atoms with Gasteiger partial charge in [0.25, 0.3) is 6.47 Å². The number of benzene rings is 2. The Balaban J connectivity index is 0.000000944. The molecular weight excluding hydrogens is 428 g/mol. The second-order valence-electron chi connectivity index (χ2n) is 6.86. The molecule has 3 rings (SSSR count). The van der Waals surface area contributed by atoms with Crippen molar-refractivity contribution in [2.45, 2.75) is 39.7 Å². The number of unbranched alkanes of at least 4 members (excludes halogenated alkanes) is 1. The van der Waals surface area contributed by atoms with Gasteiger partial charge in [-0.05, 0) is 30.0 Å². The number of carboxylic acid groups (broad SMARTS) is 1. The maximum Gasteiger partial charge on any atom is 0.290 e. The van der Waals surface area contributed by atoms with E-state index in [1.54, 1.807) is 0 Å². The zero-order valence-electron chi connectivity index (χ0n) is 18.2. The summed E-state index contributed by atoms with van der Waals surface area (Å²) in [5.74, 6) is 1.13. The fraction of sp³-hybridized carbons (Fsp3) is 0.261. The number of hydrogen-bond acceptors (Lipinski definition) is 5. The minimum atomic E-state index is -0.250. The smallest absolute Gasteiger partial charge is 0.290 e. The van der Waals surface area contributed by atoms with E-state index in [2.05, 4.69) is 40.7 Å². The van der Waals surface area contributed by atoms with Crippen molar-refractivity contribution in [3.05, 3.63) is 76.3 Å². The third kappa shape index (κ3) is 7.02. The lowest BCUT2D eigenvalue weighted by Crippen LogP contribution is -2.12. The number of aromatic nitrogens is 2. The van der Waals surface area contributed by atoms with Gasteiger partial charge in [-0.3, -0.25) is 10.2 Å². The predicted molar refractivity (Wildman–Crippen MR) is 127 cm³/mol. The number of aryl methyl sites for hydroxylation is 1. The number of nitrogens with two attached hydrogens (primary N) is 1. The van der Waals surface area contributed by atoms with Gasteiger partial charge in [0.15, 0.2) is 0 Å². The average molecular weight is 457 g/mol. The first-order valence-corrected chi connectivity index (χ1v) is 10.4. The second-order valence-corrected chi connectivity index (χ2v) is 7.21. The Morgan fingerprint density at radius 3 is 2.34 bits per heavy atom. The standard InChI is InChI=1S/C22H25ClN4.CH2O2.H2N2/c1-3-4-9-20-26-21(23)15(2)27(20)14-16-10-12-17(13-11-16)18-7-5-6-8-19(18)22(24)25;2-1-3;1-2/h5-8,10-13H,3-4,9,14H2,1-2H3,(H3,24,25);1H,(H,2,3);1-2H. The Morgan fingerprint density at radius 2 is 1.78 bits per heavy atom. The molecule has 0 bridgehead atoms. The number of halogens is 1. The normalized spacial score (nSPS) is 9.72. The minimum absolute atomic E-state index is 0.0823. The summed E-state index contributed by atoms with van der Waals surface area (Å²) in [7, 11) is 0. The van der Waals surface area contributed by atoms with Crippen LogP contribution in [0.4, 0.5) is 0 Å². The number of carbonyl (C=O) groups is 1. The quantitative estimate of drug-likeness (QED) is 0.138. The van der Waals surface area contributed by atoms with Gasteiger partial charge in [0.05, 0.1) is 5.69 Å². The highest BCUT2D eigenvalue weighted by atomic mass is 35.5. The van der Waals surface area contributed by atoms with Crippen LogP contribution in [0.3, 0.4) is 0 Å². The summed E-state index contributed by atoms with van der Waals surface area (Å²) in [6.07, 6.45) is 3.18. The van der Waals surface area contributed by atoms with Crippen LogP contribution in [0.15, 0.2) is 48.5 Å². The summed E-state index contributed by atoms with van der Waals surface area (Å²) in [6.45, 7) is 4.70. The van der Waals surface area contributed by atoms with Crippen LogP contribution in [0.2, 0.25) is 5.15 Å². The SMILES string of the molecule is CCCCc1nc(Cl)c(C)n1Cc1ccc(-c2ccccc2C(=N)N)cc1.N=N.O=CO. The number of imidazole rings is 1. The number of nitrogens with one attached hydrogen (secondary N) is 3. The third-order valence-corrected chi connectivity index (χ3v) is 5.18. The molecule has 0 unspecified atom stereocenters. The highest BCUT2D eigenvalue weighted by Crippen LogP contribution is 2.25. The maximum absolute atomic E-state index is 8.36. The first-order valence-electron chi connectivity index (χ1n) is 10.00. The first kappa shape index (κ1) is 26.5. The molecule has 0 atom stereocenters. The summed E-state index contributed by atoms with van der Waals surface area (Å²) in [5.41, 5.74) is 20.7. The molecule has 1 aromatic heterocycles. The van der Waals surface area contributed by atoms with Crippen LogP contribution >= 0.6 is 11.6 Å². The van der Waals surface area contributed by atoms with Crippen molar-refractivity contribution in [1.29, 1.82) is 16.5 Å². The van der Waals surface area contributed by atoms with Gasteiger partial charge in [-0.15, -0.1) is 0 Å². The van der Waals surface area contributed by atoms with E-state index in [1.807, 2.05) is 31.2 Å². The molecular formula is C23H29ClN6O2. The van der Waals surface area contributed by atoms with E-state index in [0.717, 1.165) is 54.0 Å². The van der Waals surface area contributed by atoms with Crippen LogP contribution < -0.4 is 5.73 Å². The van der Waals surface area contributed by atoms with E-state index in [-0.39, 0.29) is 12.3 Å².